The Bertz CT molecular complexity index is 333. The second-order valence-corrected chi connectivity index (χ2v) is 6.08. The summed E-state index contributed by atoms with van der Waals surface area (Å²) in [5.41, 5.74) is -3.10. The molecule has 1 rings (SSSR count). The van der Waals surface area contributed by atoms with Crippen LogP contribution in [0.1, 0.15) is 53.4 Å². The number of hydrogen-bond donors (Lipinski definition) is 0. The first-order chi connectivity index (χ1) is 8.52. The smallest absolute Gasteiger partial charge is 0.418 e. The minimum Gasteiger partial charge on any atom is -0.435 e. The number of halogens is 3. The predicted molar refractivity (Wildman–Crippen MR) is 63.3 cm³/mol. The fourth-order valence-electron chi connectivity index (χ4n) is 1.94. The summed E-state index contributed by atoms with van der Waals surface area (Å²) >= 11 is 0. The van der Waals surface area contributed by atoms with Gasteiger partial charge in [0, 0.05) is 5.41 Å². The molecule has 0 amide bonds. The second-order valence-electron chi connectivity index (χ2n) is 6.08. The highest BCUT2D eigenvalue weighted by molar-refractivity contribution is 5.71. The summed E-state index contributed by atoms with van der Waals surface area (Å²) in [6, 6.07) is 0. The fourth-order valence-corrected chi connectivity index (χ4v) is 1.94. The van der Waals surface area contributed by atoms with Crippen molar-refractivity contribution in [2.45, 2.75) is 71.4 Å². The first-order valence-corrected chi connectivity index (χ1v) is 6.46. The number of hydrogen-bond acceptors (Lipinski definition) is 3. The van der Waals surface area contributed by atoms with Gasteiger partial charge in [0.2, 0.25) is 6.29 Å². The van der Waals surface area contributed by atoms with Crippen molar-refractivity contribution in [1.29, 1.82) is 0 Å². The zero-order valence-corrected chi connectivity index (χ0v) is 11.8. The lowest BCUT2D eigenvalue weighted by atomic mass is 9.88. The molecule has 0 unspecified atom stereocenters. The number of ether oxygens (including phenoxy) is 2. The van der Waals surface area contributed by atoms with E-state index in [0.29, 0.717) is 12.8 Å². The van der Waals surface area contributed by atoms with Gasteiger partial charge in [-0.15, -0.1) is 0 Å². The van der Waals surface area contributed by atoms with Crippen LogP contribution in [0, 0.1) is 5.41 Å². The van der Waals surface area contributed by atoms with Crippen LogP contribution in [-0.4, -0.2) is 24.0 Å². The molecule has 1 saturated heterocycles. The van der Waals surface area contributed by atoms with Crippen LogP contribution in [0.3, 0.4) is 0 Å². The molecule has 0 aliphatic carbocycles. The van der Waals surface area contributed by atoms with Crippen molar-refractivity contribution < 1.29 is 27.4 Å². The average Bonchev–Trinajstić information content (AvgIpc) is 2.22. The largest absolute Gasteiger partial charge is 0.435 e. The molecule has 6 heteroatoms. The summed E-state index contributed by atoms with van der Waals surface area (Å²) in [7, 11) is 0. The lowest BCUT2D eigenvalue weighted by Crippen LogP contribution is -2.57. The first kappa shape index (κ1) is 16.3. The summed E-state index contributed by atoms with van der Waals surface area (Å²) in [5, 5.41) is 0. The molecule has 1 aliphatic heterocycles. The second kappa shape index (κ2) is 5.31. The van der Waals surface area contributed by atoms with Gasteiger partial charge in [-0.05, 0) is 6.42 Å². The number of carbonyl (C=O) groups is 1. The molecule has 19 heavy (non-hydrogen) atoms. The molecule has 1 fully saturated rings. The van der Waals surface area contributed by atoms with Crippen LogP contribution in [0.4, 0.5) is 13.2 Å². The number of carbonyl (C=O) groups excluding carboxylic acids is 1. The minimum atomic E-state index is -4.58. The standard InChI is InChI=1S/C13H21F3O3/c1-5-6-7-12(13(14,15)16)8-9(17)18-10(19-12)11(2,3)4/h10H,5-8H2,1-4H3/t10-,12-/m0/s1. The van der Waals surface area contributed by atoms with E-state index in [0.717, 1.165) is 0 Å². The molecular weight excluding hydrogens is 261 g/mol. The van der Waals surface area contributed by atoms with Crippen LogP contribution < -0.4 is 0 Å². The van der Waals surface area contributed by atoms with Gasteiger partial charge < -0.3 is 9.47 Å². The van der Waals surface area contributed by atoms with Gasteiger partial charge in [0.1, 0.15) is 0 Å². The average molecular weight is 282 g/mol. The van der Waals surface area contributed by atoms with E-state index in [4.69, 9.17) is 9.47 Å². The number of alkyl halides is 3. The van der Waals surface area contributed by atoms with Crippen LogP contribution in [-0.2, 0) is 14.3 Å². The maximum Gasteiger partial charge on any atom is 0.418 e. The molecule has 0 N–H and O–H groups in total. The normalized spacial score (nSPS) is 29.2. The third-order valence-corrected chi connectivity index (χ3v) is 3.16. The molecule has 1 heterocycles. The minimum absolute atomic E-state index is 0.214. The van der Waals surface area contributed by atoms with E-state index in [1.165, 1.54) is 0 Å². The lowest BCUT2D eigenvalue weighted by molar-refractivity contribution is -0.355. The van der Waals surface area contributed by atoms with E-state index in [1.54, 1.807) is 27.7 Å². The van der Waals surface area contributed by atoms with E-state index in [1.807, 2.05) is 0 Å². The third-order valence-electron chi connectivity index (χ3n) is 3.16. The van der Waals surface area contributed by atoms with Crippen molar-refractivity contribution in [3.05, 3.63) is 0 Å². The molecule has 0 saturated carbocycles. The van der Waals surface area contributed by atoms with Gasteiger partial charge in [-0.1, -0.05) is 40.5 Å². The predicted octanol–water partition coefficient (Wildman–Crippen LogP) is 3.81. The Balaban J connectivity index is 3.05. The van der Waals surface area contributed by atoms with Crippen molar-refractivity contribution in [3.8, 4) is 0 Å². The molecule has 3 nitrogen and oxygen atoms in total. The number of cyclic esters (lactones) is 1. The molecule has 0 aromatic rings. The maximum atomic E-state index is 13.3. The zero-order chi connectivity index (χ0) is 14.9. The van der Waals surface area contributed by atoms with Crippen LogP contribution in [0.5, 0.6) is 0 Å². The monoisotopic (exact) mass is 282 g/mol. The molecule has 1 aliphatic rings. The molecule has 0 bridgehead atoms. The van der Waals surface area contributed by atoms with Crippen molar-refractivity contribution in [1.82, 2.24) is 0 Å². The van der Waals surface area contributed by atoms with Gasteiger partial charge in [-0.3, -0.25) is 4.79 Å². The zero-order valence-electron chi connectivity index (χ0n) is 11.8. The van der Waals surface area contributed by atoms with E-state index in [9.17, 15) is 18.0 Å². The van der Waals surface area contributed by atoms with Gasteiger partial charge in [0.15, 0.2) is 5.60 Å². The fraction of sp³-hybridized carbons (Fsp3) is 0.923. The first-order valence-electron chi connectivity index (χ1n) is 6.46. The quantitative estimate of drug-likeness (QED) is 0.738. The van der Waals surface area contributed by atoms with Crippen molar-refractivity contribution in [2.75, 3.05) is 0 Å². The maximum absolute atomic E-state index is 13.3. The molecule has 2 atom stereocenters. The van der Waals surface area contributed by atoms with Crippen LogP contribution >= 0.6 is 0 Å². The SMILES string of the molecule is CCCC[C@@]1(C(F)(F)F)CC(=O)O[C@H](C(C)(C)C)O1. The third kappa shape index (κ3) is 3.61. The Kier molecular flexibility index (Phi) is 4.55. The van der Waals surface area contributed by atoms with Gasteiger partial charge in [-0.2, -0.15) is 13.2 Å². The van der Waals surface area contributed by atoms with Gasteiger partial charge in [-0.25, -0.2) is 0 Å². The summed E-state index contributed by atoms with van der Waals surface area (Å²) in [4.78, 5) is 11.5. The number of esters is 1. The lowest BCUT2D eigenvalue weighted by Gasteiger charge is -2.44. The van der Waals surface area contributed by atoms with Crippen LogP contribution in [0.15, 0.2) is 0 Å². The molecular formula is C13H21F3O3. The molecule has 0 aromatic carbocycles. The van der Waals surface area contributed by atoms with Crippen molar-refractivity contribution in [3.63, 3.8) is 0 Å². The Morgan fingerprint density at radius 3 is 2.32 bits per heavy atom. The highest BCUT2D eigenvalue weighted by Gasteiger charge is 2.61. The molecule has 0 spiro atoms. The van der Waals surface area contributed by atoms with Gasteiger partial charge in [0.05, 0.1) is 6.42 Å². The van der Waals surface area contributed by atoms with E-state index in [2.05, 4.69) is 0 Å². The molecule has 112 valence electrons. The summed E-state index contributed by atoms with van der Waals surface area (Å²) < 4.78 is 50.1. The topological polar surface area (TPSA) is 35.5 Å². The van der Waals surface area contributed by atoms with E-state index >= 15 is 0 Å². The summed E-state index contributed by atoms with van der Waals surface area (Å²) in [5.74, 6) is -0.848. The van der Waals surface area contributed by atoms with E-state index in [-0.39, 0.29) is 6.42 Å². The van der Waals surface area contributed by atoms with Crippen molar-refractivity contribution in [2.24, 2.45) is 5.41 Å². The summed E-state index contributed by atoms with van der Waals surface area (Å²) in [6.07, 6.45) is -5.77. The highest BCUT2D eigenvalue weighted by Crippen LogP contribution is 2.46. The number of rotatable bonds is 3. The van der Waals surface area contributed by atoms with Crippen LogP contribution in [0.2, 0.25) is 0 Å². The Morgan fingerprint density at radius 2 is 1.89 bits per heavy atom. The van der Waals surface area contributed by atoms with Crippen LogP contribution in [0.25, 0.3) is 0 Å². The Hall–Kier alpha value is -0.780. The van der Waals surface area contributed by atoms with Crippen molar-refractivity contribution >= 4 is 5.97 Å². The highest BCUT2D eigenvalue weighted by atomic mass is 19.4. The van der Waals surface area contributed by atoms with Gasteiger partial charge in [0.25, 0.3) is 0 Å². The summed E-state index contributed by atoms with van der Waals surface area (Å²) in [6.45, 7) is 6.83. The van der Waals surface area contributed by atoms with Gasteiger partial charge >= 0.3 is 12.1 Å². The molecule has 0 aromatic heterocycles. The number of unbranched alkanes of at least 4 members (excludes halogenated alkanes) is 1. The van der Waals surface area contributed by atoms with E-state index < -0.39 is 35.9 Å². The Morgan fingerprint density at radius 1 is 1.32 bits per heavy atom. The molecule has 0 radical (unpaired) electrons. The Labute approximate surface area is 111 Å².